The highest BCUT2D eigenvalue weighted by atomic mass is 35.5. The van der Waals surface area contributed by atoms with Gasteiger partial charge in [-0.3, -0.25) is 0 Å². The van der Waals surface area contributed by atoms with Gasteiger partial charge >= 0.3 is 5.97 Å². The summed E-state index contributed by atoms with van der Waals surface area (Å²) in [6.07, 6.45) is 0. The normalized spacial score (nSPS) is 10.7. The number of nitrogens with zero attached hydrogens (tertiary/aromatic N) is 1. The zero-order valence-electron chi connectivity index (χ0n) is 12.1. The second kappa shape index (κ2) is 6.07. The lowest BCUT2D eigenvalue weighted by Gasteiger charge is -2.11. The van der Waals surface area contributed by atoms with Gasteiger partial charge in [-0.05, 0) is 30.3 Å². The smallest absolute Gasteiger partial charge is 0.337 e. The number of hydrogen-bond donors (Lipinski definition) is 1. The van der Waals surface area contributed by atoms with Crippen molar-refractivity contribution in [3.63, 3.8) is 0 Å². The van der Waals surface area contributed by atoms with Gasteiger partial charge in [0.25, 0.3) is 0 Å². The molecule has 2 N–H and O–H groups in total. The second-order valence-corrected chi connectivity index (χ2v) is 5.74. The number of aromatic nitrogens is 1. The van der Waals surface area contributed by atoms with Gasteiger partial charge in [0, 0.05) is 16.0 Å². The van der Waals surface area contributed by atoms with Crippen LogP contribution in [0.3, 0.4) is 0 Å². The molecule has 0 unspecified atom stereocenters. The van der Waals surface area contributed by atoms with Crippen LogP contribution < -0.4 is 5.73 Å². The van der Waals surface area contributed by atoms with E-state index in [1.54, 1.807) is 42.5 Å². The van der Waals surface area contributed by atoms with Crippen LogP contribution in [-0.2, 0) is 4.74 Å². The number of halogens is 2. The number of esters is 1. The van der Waals surface area contributed by atoms with Crippen molar-refractivity contribution in [2.24, 2.45) is 0 Å². The lowest BCUT2D eigenvalue weighted by Crippen LogP contribution is -2.02. The summed E-state index contributed by atoms with van der Waals surface area (Å²) in [7, 11) is 1.33. The number of pyridine rings is 1. The van der Waals surface area contributed by atoms with Crippen LogP contribution in [0.4, 0.5) is 5.69 Å². The molecule has 2 aromatic carbocycles. The third kappa shape index (κ3) is 2.83. The predicted molar refractivity (Wildman–Crippen MR) is 93.0 cm³/mol. The van der Waals surface area contributed by atoms with Crippen molar-refractivity contribution >= 4 is 45.8 Å². The Morgan fingerprint density at radius 1 is 1.17 bits per heavy atom. The summed E-state index contributed by atoms with van der Waals surface area (Å²) in [5.74, 6) is -0.430. The Bertz CT molecular complexity index is 926. The molecule has 0 spiro atoms. The van der Waals surface area contributed by atoms with Crippen molar-refractivity contribution in [1.82, 2.24) is 4.98 Å². The van der Waals surface area contributed by atoms with E-state index in [1.807, 2.05) is 0 Å². The Balaban J connectivity index is 2.24. The third-order valence-corrected chi connectivity index (χ3v) is 4.12. The van der Waals surface area contributed by atoms with E-state index < -0.39 is 5.97 Å². The number of carbonyl (C=O) groups excluding carboxylic acids is 1. The number of anilines is 1. The Hall–Kier alpha value is -2.30. The van der Waals surface area contributed by atoms with Gasteiger partial charge in [0.15, 0.2) is 0 Å². The van der Waals surface area contributed by atoms with Crippen molar-refractivity contribution in [2.75, 3.05) is 12.8 Å². The fourth-order valence-electron chi connectivity index (χ4n) is 2.34. The average molecular weight is 347 g/mol. The summed E-state index contributed by atoms with van der Waals surface area (Å²) < 4.78 is 4.73. The third-order valence-electron chi connectivity index (χ3n) is 3.48. The SMILES string of the molecule is COC(=O)c1cccc(-c2nc3cc(Cl)ccc3c(Cl)c2N)c1. The minimum atomic E-state index is -0.430. The molecule has 3 rings (SSSR count). The number of rotatable bonds is 2. The molecule has 0 saturated carbocycles. The summed E-state index contributed by atoms with van der Waals surface area (Å²) >= 11 is 12.4. The van der Waals surface area contributed by atoms with Crippen molar-refractivity contribution < 1.29 is 9.53 Å². The number of carbonyl (C=O) groups is 1. The van der Waals surface area contributed by atoms with Crippen LogP contribution in [0, 0.1) is 0 Å². The van der Waals surface area contributed by atoms with Gasteiger partial charge in [0.1, 0.15) is 0 Å². The molecule has 0 aliphatic heterocycles. The zero-order chi connectivity index (χ0) is 16.6. The van der Waals surface area contributed by atoms with Crippen molar-refractivity contribution in [3.8, 4) is 11.3 Å². The summed E-state index contributed by atoms with van der Waals surface area (Å²) in [5.41, 5.74) is 8.70. The number of methoxy groups -OCH3 is 1. The Morgan fingerprint density at radius 2 is 1.96 bits per heavy atom. The van der Waals surface area contributed by atoms with Gasteiger partial charge in [0.05, 0.1) is 34.6 Å². The highest BCUT2D eigenvalue weighted by Gasteiger charge is 2.15. The molecule has 1 heterocycles. The molecule has 0 fully saturated rings. The number of ether oxygens (including phenoxy) is 1. The first kappa shape index (κ1) is 15.6. The molecule has 0 atom stereocenters. The van der Waals surface area contributed by atoms with E-state index in [-0.39, 0.29) is 0 Å². The van der Waals surface area contributed by atoms with Crippen LogP contribution in [-0.4, -0.2) is 18.1 Å². The van der Waals surface area contributed by atoms with E-state index in [0.717, 1.165) is 5.39 Å². The van der Waals surface area contributed by atoms with Crippen molar-refractivity contribution in [2.45, 2.75) is 0 Å². The van der Waals surface area contributed by atoms with Gasteiger partial charge in [-0.25, -0.2) is 9.78 Å². The molecule has 0 aliphatic carbocycles. The first-order valence-electron chi connectivity index (χ1n) is 6.74. The Kier molecular flexibility index (Phi) is 4.11. The number of hydrogen-bond acceptors (Lipinski definition) is 4. The Labute approximate surface area is 142 Å². The van der Waals surface area contributed by atoms with E-state index in [0.29, 0.717) is 38.1 Å². The molecule has 0 radical (unpaired) electrons. The largest absolute Gasteiger partial charge is 0.465 e. The number of nitrogens with two attached hydrogens (primary N) is 1. The van der Waals surface area contributed by atoms with Gasteiger partial charge in [-0.15, -0.1) is 0 Å². The van der Waals surface area contributed by atoms with E-state index in [4.69, 9.17) is 33.7 Å². The van der Waals surface area contributed by atoms with Gasteiger partial charge in [-0.2, -0.15) is 0 Å². The van der Waals surface area contributed by atoms with Crippen molar-refractivity contribution in [3.05, 3.63) is 58.1 Å². The molecule has 0 bridgehead atoms. The minimum absolute atomic E-state index is 0.350. The molecular formula is C17H12Cl2N2O2. The maximum atomic E-state index is 11.7. The molecule has 0 aliphatic rings. The summed E-state index contributed by atoms with van der Waals surface area (Å²) in [6.45, 7) is 0. The van der Waals surface area contributed by atoms with Crippen molar-refractivity contribution in [1.29, 1.82) is 0 Å². The molecule has 1 aromatic heterocycles. The topological polar surface area (TPSA) is 65.2 Å². The maximum Gasteiger partial charge on any atom is 0.337 e. The van der Waals surface area contributed by atoms with Crippen LogP contribution in [0.2, 0.25) is 10.0 Å². The monoisotopic (exact) mass is 346 g/mol. The molecule has 0 amide bonds. The van der Waals surface area contributed by atoms with Gasteiger partial charge in [-0.1, -0.05) is 35.3 Å². The van der Waals surface area contributed by atoms with Crippen LogP contribution in [0.5, 0.6) is 0 Å². The summed E-state index contributed by atoms with van der Waals surface area (Å²) in [4.78, 5) is 16.2. The lowest BCUT2D eigenvalue weighted by molar-refractivity contribution is 0.0601. The van der Waals surface area contributed by atoms with Crippen LogP contribution in [0.25, 0.3) is 22.2 Å². The minimum Gasteiger partial charge on any atom is -0.465 e. The van der Waals surface area contributed by atoms with Gasteiger partial charge in [0.2, 0.25) is 0 Å². The summed E-state index contributed by atoms with van der Waals surface area (Å²) in [5, 5.41) is 1.69. The first-order valence-corrected chi connectivity index (χ1v) is 7.50. The second-order valence-electron chi connectivity index (χ2n) is 4.92. The van der Waals surface area contributed by atoms with Crippen LogP contribution in [0.1, 0.15) is 10.4 Å². The molecule has 6 heteroatoms. The average Bonchev–Trinajstić information content (AvgIpc) is 2.57. The molecule has 23 heavy (non-hydrogen) atoms. The highest BCUT2D eigenvalue weighted by Crippen LogP contribution is 2.36. The van der Waals surface area contributed by atoms with E-state index >= 15 is 0 Å². The number of fused-ring (bicyclic) bond motifs is 1. The standard InChI is InChI=1S/C17H12Cl2N2O2/c1-23-17(22)10-4-2-3-9(7-10)16-15(20)14(19)12-6-5-11(18)8-13(12)21-16/h2-8H,20H2,1H3. The Morgan fingerprint density at radius 3 is 2.70 bits per heavy atom. The summed E-state index contributed by atoms with van der Waals surface area (Å²) in [6, 6.07) is 12.1. The fraction of sp³-hybridized carbons (Fsp3) is 0.0588. The molecule has 4 nitrogen and oxygen atoms in total. The molecule has 3 aromatic rings. The van der Waals surface area contributed by atoms with E-state index in [9.17, 15) is 4.79 Å². The van der Waals surface area contributed by atoms with Gasteiger partial charge < -0.3 is 10.5 Å². The molecule has 116 valence electrons. The molecule has 0 saturated heterocycles. The van der Waals surface area contributed by atoms with E-state index in [2.05, 4.69) is 4.98 Å². The highest BCUT2D eigenvalue weighted by molar-refractivity contribution is 6.39. The van der Waals surface area contributed by atoms with Crippen LogP contribution >= 0.6 is 23.2 Å². The van der Waals surface area contributed by atoms with Crippen LogP contribution in [0.15, 0.2) is 42.5 Å². The first-order chi connectivity index (χ1) is 11.0. The number of benzene rings is 2. The zero-order valence-corrected chi connectivity index (χ0v) is 13.7. The maximum absolute atomic E-state index is 11.7. The predicted octanol–water partition coefficient (Wildman–Crippen LogP) is 4.58. The lowest BCUT2D eigenvalue weighted by atomic mass is 10.0. The van der Waals surface area contributed by atoms with E-state index in [1.165, 1.54) is 7.11 Å². The number of nitrogen functional groups attached to an aromatic ring is 1. The molecular weight excluding hydrogens is 335 g/mol. The fourth-order valence-corrected chi connectivity index (χ4v) is 2.76. The quantitative estimate of drug-likeness (QED) is 0.689.